The van der Waals surface area contributed by atoms with Crippen molar-refractivity contribution in [2.45, 2.75) is 45.6 Å². The molecule has 0 radical (unpaired) electrons. The lowest BCUT2D eigenvalue weighted by atomic mass is 9.67. The molecule has 0 bridgehead atoms. The number of aromatic nitrogens is 2. The Balaban J connectivity index is 1.89. The molecule has 1 aliphatic rings. The molecular formula is C12H22N4O. The van der Waals surface area contributed by atoms with E-state index in [4.69, 9.17) is 4.42 Å². The lowest BCUT2D eigenvalue weighted by molar-refractivity contribution is 0.144. The van der Waals surface area contributed by atoms with E-state index in [1.54, 1.807) is 0 Å². The Morgan fingerprint density at radius 3 is 2.71 bits per heavy atom. The fourth-order valence-corrected chi connectivity index (χ4v) is 2.20. The second-order valence-electron chi connectivity index (χ2n) is 5.02. The van der Waals surface area contributed by atoms with E-state index in [1.165, 1.54) is 25.7 Å². The van der Waals surface area contributed by atoms with Gasteiger partial charge in [-0.2, -0.15) is 0 Å². The van der Waals surface area contributed by atoms with Gasteiger partial charge in [-0.15, -0.1) is 5.10 Å². The van der Waals surface area contributed by atoms with Crippen LogP contribution in [0.3, 0.4) is 0 Å². The summed E-state index contributed by atoms with van der Waals surface area (Å²) in [4.78, 5) is 0. The third-order valence-corrected chi connectivity index (χ3v) is 4.02. The number of anilines is 1. The fraction of sp³-hybridized carbons (Fsp3) is 0.833. The first-order chi connectivity index (χ1) is 8.19. The molecular weight excluding hydrogens is 216 g/mol. The van der Waals surface area contributed by atoms with Crippen LogP contribution in [0.4, 0.5) is 6.01 Å². The summed E-state index contributed by atoms with van der Waals surface area (Å²) in [6, 6.07) is 0.642. The molecule has 1 saturated carbocycles. The lowest BCUT2D eigenvalue weighted by Gasteiger charge is -2.41. The van der Waals surface area contributed by atoms with Crippen LogP contribution in [0.15, 0.2) is 4.42 Å². The van der Waals surface area contributed by atoms with Crippen molar-refractivity contribution in [3.8, 4) is 0 Å². The quantitative estimate of drug-likeness (QED) is 0.796. The molecule has 0 aromatic carbocycles. The summed E-state index contributed by atoms with van der Waals surface area (Å²) in [6.07, 6.45) is 5.18. The van der Waals surface area contributed by atoms with E-state index in [9.17, 15) is 0 Å². The van der Waals surface area contributed by atoms with Gasteiger partial charge < -0.3 is 15.1 Å². The Morgan fingerprint density at radius 1 is 1.41 bits per heavy atom. The van der Waals surface area contributed by atoms with E-state index in [0.29, 0.717) is 17.3 Å². The highest BCUT2D eigenvalue weighted by atomic mass is 16.4. The Morgan fingerprint density at radius 2 is 2.18 bits per heavy atom. The van der Waals surface area contributed by atoms with Gasteiger partial charge in [-0.25, -0.2) is 0 Å². The third kappa shape index (κ3) is 2.60. The van der Waals surface area contributed by atoms with E-state index in [0.717, 1.165) is 6.54 Å². The smallest absolute Gasteiger partial charge is 0.315 e. The van der Waals surface area contributed by atoms with E-state index < -0.39 is 0 Å². The zero-order valence-electron chi connectivity index (χ0n) is 10.9. The van der Waals surface area contributed by atoms with Crippen LogP contribution in [-0.4, -0.2) is 23.8 Å². The monoisotopic (exact) mass is 238 g/mol. The first-order valence-corrected chi connectivity index (χ1v) is 6.44. The van der Waals surface area contributed by atoms with Gasteiger partial charge in [-0.3, -0.25) is 0 Å². The van der Waals surface area contributed by atoms with Gasteiger partial charge in [-0.1, -0.05) is 18.4 Å². The minimum atomic E-state index is 0.0990. The molecule has 17 heavy (non-hydrogen) atoms. The van der Waals surface area contributed by atoms with Gasteiger partial charge >= 0.3 is 6.01 Å². The van der Waals surface area contributed by atoms with E-state index >= 15 is 0 Å². The molecule has 1 aliphatic carbocycles. The summed E-state index contributed by atoms with van der Waals surface area (Å²) in [6.45, 7) is 5.19. The van der Waals surface area contributed by atoms with Crippen LogP contribution in [0.1, 0.15) is 51.5 Å². The van der Waals surface area contributed by atoms with Crippen molar-refractivity contribution < 1.29 is 4.42 Å². The van der Waals surface area contributed by atoms with Gasteiger partial charge in [0.05, 0.1) is 6.04 Å². The molecule has 1 aromatic rings. The molecule has 2 rings (SSSR count). The predicted molar refractivity (Wildman–Crippen MR) is 66.8 cm³/mol. The molecule has 0 amide bonds. The first-order valence-electron chi connectivity index (χ1n) is 6.44. The summed E-state index contributed by atoms with van der Waals surface area (Å²) in [5.74, 6) is 0.633. The van der Waals surface area contributed by atoms with Gasteiger partial charge in [-0.05, 0) is 38.6 Å². The van der Waals surface area contributed by atoms with Crippen molar-refractivity contribution >= 4 is 6.01 Å². The van der Waals surface area contributed by atoms with Gasteiger partial charge in [0.1, 0.15) is 0 Å². The minimum absolute atomic E-state index is 0.0990. The summed E-state index contributed by atoms with van der Waals surface area (Å²) in [7, 11) is 1.88. The van der Waals surface area contributed by atoms with Crippen molar-refractivity contribution in [1.29, 1.82) is 0 Å². The average Bonchev–Trinajstić information content (AvgIpc) is 2.76. The number of nitrogens with zero attached hydrogens (tertiary/aromatic N) is 2. The fourth-order valence-electron chi connectivity index (χ4n) is 2.20. The maximum absolute atomic E-state index is 5.55. The highest BCUT2D eigenvalue weighted by Crippen LogP contribution is 2.43. The largest absolute Gasteiger partial charge is 0.406 e. The van der Waals surface area contributed by atoms with Crippen LogP contribution < -0.4 is 10.6 Å². The molecule has 5 heteroatoms. The molecule has 2 N–H and O–H groups in total. The number of hydrogen-bond acceptors (Lipinski definition) is 5. The molecule has 0 aliphatic heterocycles. The average molecular weight is 238 g/mol. The maximum atomic E-state index is 5.55. The summed E-state index contributed by atoms with van der Waals surface area (Å²) < 4.78 is 5.55. The van der Waals surface area contributed by atoms with Crippen molar-refractivity contribution in [2.24, 2.45) is 5.41 Å². The predicted octanol–water partition coefficient (Wildman–Crippen LogP) is 2.34. The highest BCUT2D eigenvalue weighted by Gasteiger charge is 2.35. The topological polar surface area (TPSA) is 63.0 Å². The molecule has 1 atom stereocenters. The third-order valence-electron chi connectivity index (χ3n) is 4.02. The van der Waals surface area contributed by atoms with Crippen LogP contribution >= 0.6 is 0 Å². The van der Waals surface area contributed by atoms with E-state index in [1.807, 2.05) is 14.0 Å². The van der Waals surface area contributed by atoms with Gasteiger partial charge in [0.2, 0.25) is 5.89 Å². The molecule has 1 unspecified atom stereocenters. The normalized spacial score (nSPS) is 19.7. The Hall–Kier alpha value is -1.10. The molecule has 0 saturated heterocycles. The van der Waals surface area contributed by atoms with Crippen LogP contribution in [-0.2, 0) is 0 Å². The Labute approximate surface area is 102 Å². The number of rotatable bonds is 6. The van der Waals surface area contributed by atoms with Crippen LogP contribution in [0.2, 0.25) is 0 Å². The number of hydrogen-bond donors (Lipinski definition) is 2. The Bertz CT molecular complexity index is 354. The summed E-state index contributed by atoms with van der Waals surface area (Å²) >= 11 is 0. The summed E-state index contributed by atoms with van der Waals surface area (Å²) in [5.41, 5.74) is 0.462. The van der Waals surface area contributed by atoms with Gasteiger partial charge in [0.25, 0.3) is 0 Å². The summed E-state index contributed by atoms with van der Waals surface area (Å²) in [5, 5.41) is 14.4. The zero-order chi connectivity index (χ0) is 12.3. The zero-order valence-corrected chi connectivity index (χ0v) is 10.9. The molecule has 5 nitrogen and oxygen atoms in total. The second-order valence-corrected chi connectivity index (χ2v) is 5.02. The SMILES string of the molecule is CCC1(CNc2nnc(C(C)NC)o2)CCC1. The molecule has 1 fully saturated rings. The van der Waals surface area contributed by atoms with Crippen molar-refractivity contribution in [3.05, 3.63) is 5.89 Å². The van der Waals surface area contributed by atoms with E-state index in [2.05, 4.69) is 27.8 Å². The van der Waals surface area contributed by atoms with Crippen LogP contribution in [0.25, 0.3) is 0 Å². The maximum Gasteiger partial charge on any atom is 0.315 e. The van der Waals surface area contributed by atoms with Crippen molar-refractivity contribution in [1.82, 2.24) is 15.5 Å². The van der Waals surface area contributed by atoms with Crippen molar-refractivity contribution in [2.75, 3.05) is 18.9 Å². The second kappa shape index (κ2) is 5.04. The number of nitrogens with one attached hydrogen (secondary N) is 2. The molecule has 0 spiro atoms. The van der Waals surface area contributed by atoms with Crippen LogP contribution in [0.5, 0.6) is 0 Å². The van der Waals surface area contributed by atoms with Gasteiger partial charge in [0.15, 0.2) is 0 Å². The minimum Gasteiger partial charge on any atom is -0.406 e. The van der Waals surface area contributed by atoms with Crippen molar-refractivity contribution in [3.63, 3.8) is 0 Å². The lowest BCUT2D eigenvalue weighted by Crippen LogP contribution is -2.35. The molecule has 1 heterocycles. The molecule has 96 valence electrons. The molecule has 1 aromatic heterocycles. The van der Waals surface area contributed by atoms with E-state index in [-0.39, 0.29) is 6.04 Å². The standard InChI is InChI=1S/C12H22N4O/c1-4-12(6-5-7-12)8-14-11-16-15-10(17-11)9(2)13-3/h9,13H,4-8H2,1-3H3,(H,14,16). The van der Waals surface area contributed by atoms with Gasteiger partial charge in [0, 0.05) is 6.54 Å². The Kier molecular flexibility index (Phi) is 3.66. The first kappa shape index (κ1) is 12.4. The highest BCUT2D eigenvalue weighted by molar-refractivity contribution is 5.19. The van der Waals surface area contributed by atoms with Crippen LogP contribution in [0, 0.1) is 5.41 Å².